The Bertz CT molecular complexity index is 1310. The summed E-state index contributed by atoms with van der Waals surface area (Å²) in [6.07, 6.45) is 5.84. The Balaban J connectivity index is 0.000000165. The lowest BCUT2D eigenvalue weighted by molar-refractivity contribution is -0.301. The van der Waals surface area contributed by atoms with Crippen LogP contribution in [0.5, 0.6) is 0 Å². The number of carboxylic acid groups (broad SMARTS) is 1. The van der Waals surface area contributed by atoms with E-state index in [-0.39, 0.29) is 4.90 Å². The summed E-state index contributed by atoms with van der Waals surface area (Å²) in [5.74, 6) is -1.56. The lowest BCUT2D eigenvalue weighted by atomic mass is 10.0. The number of hydrogen-bond acceptors (Lipinski definition) is 7. The monoisotopic (exact) mass is 490 g/mol. The summed E-state index contributed by atoms with van der Waals surface area (Å²) in [4.78, 5) is 15.0. The van der Waals surface area contributed by atoms with Gasteiger partial charge in [-0.15, -0.1) is 0 Å². The number of rotatable bonds is 5. The van der Waals surface area contributed by atoms with Crippen molar-refractivity contribution in [3.63, 3.8) is 0 Å². The molecule has 2 N–H and O–H groups in total. The summed E-state index contributed by atoms with van der Waals surface area (Å²) in [5, 5.41) is 18.5. The van der Waals surface area contributed by atoms with Crippen molar-refractivity contribution in [3.8, 4) is 0 Å². The third kappa shape index (κ3) is 6.27. The molecule has 0 spiro atoms. The fourth-order valence-corrected chi connectivity index (χ4v) is 5.37. The van der Waals surface area contributed by atoms with E-state index in [9.17, 15) is 18.3 Å². The molecule has 0 radical (unpaired) electrons. The number of amidine groups is 1. The van der Waals surface area contributed by atoms with Gasteiger partial charge >= 0.3 is 0 Å². The molecule has 2 aliphatic heterocycles. The first-order valence-electron chi connectivity index (χ1n) is 11.7. The number of aliphatic carboxylic acids is 1. The van der Waals surface area contributed by atoms with Gasteiger partial charge in [0.05, 0.1) is 16.6 Å². The molecule has 0 unspecified atom stereocenters. The van der Waals surface area contributed by atoms with Crippen molar-refractivity contribution in [3.05, 3.63) is 83.9 Å². The molecule has 0 amide bonds. The maximum absolute atomic E-state index is 11.8. The number of sulfone groups is 1. The summed E-state index contributed by atoms with van der Waals surface area (Å²) in [6, 6.07) is 20.4. The molecule has 35 heavy (non-hydrogen) atoms. The highest BCUT2D eigenvalue weighted by atomic mass is 32.2. The van der Waals surface area contributed by atoms with Gasteiger partial charge in [0.25, 0.3) is 0 Å². The fraction of sp³-hybridized carbons (Fsp3) is 0.259. The fourth-order valence-electron chi connectivity index (χ4n) is 4.10. The molecular weight excluding hydrogens is 462 g/mol. The lowest BCUT2D eigenvalue weighted by Gasteiger charge is -2.17. The van der Waals surface area contributed by atoms with Crippen molar-refractivity contribution in [2.75, 3.05) is 25.4 Å². The number of hydrogen-bond donors (Lipinski definition) is 2. The van der Waals surface area contributed by atoms with E-state index in [0.29, 0.717) is 5.39 Å². The van der Waals surface area contributed by atoms with Crippen molar-refractivity contribution in [2.24, 2.45) is 4.99 Å². The number of fused-ring (bicyclic) bond motifs is 1. The molecule has 3 aromatic rings. The van der Waals surface area contributed by atoms with Crippen LogP contribution in [0.1, 0.15) is 30.4 Å². The Hall–Kier alpha value is -3.65. The summed E-state index contributed by atoms with van der Waals surface area (Å²) < 4.78 is 23.7. The maximum Gasteiger partial charge on any atom is 0.184 e. The van der Waals surface area contributed by atoms with Crippen LogP contribution < -0.4 is 15.7 Å². The quantitative estimate of drug-likeness (QED) is 0.569. The van der Waals surface area contributed by atoms with Gasteiger partial charge in [0.1, 0.15) is 5.84 Å². The van der Waals surface area contributed by atoms with Gasteiger partial charge in [-0.05, 0) is 36.3 Å². The van der Waals surface area contributed by atoms with E-state index in [2.05, 4.69) is 46.0 Å². The van der Waals surface area contributed by atoms with Crippen molar-refractivity contribution in [2.45, 2.75) is 24.2 Å². The zero-order valence-electron chi connectivity index (χ0n) is 19.4. The Morgan fingerprint density at radius 2 is 1.60 bits per heavy atom. The van der Waals surface area contributed by atoms with Crippen LogP contribution in [0.3, 0.4) is 0 Å². The Labute approximate surface area is 205 Å². The van der Waals surface area contributed by atoms with E-state index in [0.717, 1.165) is 37.3 Å². The number of carbonyl (C=O) groups excluding carboxylic acids is 1. The average molecular weight is 491 g/mol. The van der Waals surface area contributed by atoms with Crippen LogP contribution in [0, 0.1) is 0 Å². The lowest BCUT2D eigenvalue weighted by Crippen LogP contribution is -2.30. The van der Waals surface area contributed by atoms with Crippen LogP contribution >= 0.6 is 0 Å². The first-order chi connectivity index (χ1) is 16.9. The molecule has 182 valence electrons. The molecule has 0 saturated carbocycles. The number of allylic oxidation sites excluding steroid dienone is 1. The number of nitrogens with zero attached hydrogens (tertiary/aromatic N) is 1. The van der Waals surface area contributed by atoms with Gasteiger partial charge in [-0.2, -0.15) is 0 Å². The van der Waals surface area contributed by atoms with E-state index in [1.165, 1.54) is 35.7 Å². The second-order valence-corrected chi connectivity index (χ2v) is 10.3. The Kier molecular flexibility index (Phi) is 7.82. The van der Waals surface area contributed by atoms with Gasteiger partial charge in [-0.3, -0.25) is 4.99 Å². The van der Waals surface area contributed by atoms with Crippen molar-refractivity contribution in [1.29, 1.82) is 0 Å². The van der Waals surface area contributed by atoms with Gasteiger partial charge in [0.15, 0.2) is 9.84 Å². The molecule has 8 heteroatoms. The van der Waals surface area contributed by atoms with E-state index < -0.39 is 21.6 Å². The molecule has 5 rings (SSSR count). The topological polar surface area (TPSA) is 111 Å². The van der Waals surface area contributed by atoms with Crippen molar-refractivity contribution >= 4 is 38.1 Å². The van der Waals surface area contributed by atoms with Crippen LogP contribution in [-0.2, 0) is 14.6 Å². The molecule has 0 saturated heterocycles. The molecule has 0 aliphatic carbocycles. The first-order valence-corrected chi connectivity index (χ1v) is 13.3. The molecule has 2 heterocycles. The maximum atomic E-state index is 11.8. The number of benzene rings is 3. The van der Waals surface area contributed by atoms with Crippen LogP contribution in [0.4, 0.5) is 0 Å². The number of carbonyl (C=O) groups is 1. The molecule has 3 aromatic carbocycles. The minimum absolute atomic E-state index is 0.0276. The summed E-state index contributed by atoms with van der Waals surface area (Å²) in [5.41, 5.74) is 3.73. The predicted octanol–water partition coefficient (Wildman–Crippen LogP) is 2.51. The van der Waals surface area contributed by atoms with E-state index in [1.807, 2.05) is 0 Å². The normalized spacial score (nSPS) is 15.5. The standard InChI is InChI=1S/C15H19N3.C12H10O4S/c1-2-9-16-14(4-1)12-5-7-13(8-6-12)15-17-10-3-11-18-15;13-12(14)8-17(15,16)11-7-3-5-9-4-1-2-6-10(9)11/h4-8,16H,1-3,9-11H2,(H,17,18);1-7H,8H2,(H,13,14)/p-1. The van der Waals surface area contributed by atoms with Gasteiger partial charge in [-0.25, -0.2) is 8.42 Å². The van der Waals surface area contributed by atoms with Crippen molar-refractivity contribution < 1.29 is 18.3 Å². The molecule has 0 aromatic heterocycles. The van der Waals surface area contributed by atoms with Crippen LogP contribution in [0.2, 0.25) is 0 Å². The summed E-state index contributed by atoms with van der Waals surface area (Å²) >= 11 is 0. The minimum atomic E-state index is -3.85. The van der Waals surface area contributed by atoms with Crippen LogP contribution in [0.25, 0.3) is 16.5 Å². The van der Waals surface area contributed by atoms with Crippen LogP contribution in [0.15, 0.2) is 82.7 Å². The zero-order chi connectivity index (χ0) is 24.7. The van der Waals surface area contributed by atoms with Gasteiger partial charge in [0, 0.05) is 36.3 Å². The molecule has 0 fully saturated rings. The summed E-state index contributed by atoms with van der Waals surface area (Å²) in [7, 11) is -3.85. The predicted molar refractivity (Wildman–Crippen MR) is 137 cm³/mol. The smallest absolute Gasteiger partial charge is 0.184 e. The SMILES string of the molecule is C1=C(c2ccc(C3=NCCCN3)cc2)NCCC1.O=C([O-])CS(=O)(=O)c1cccc2ccccc12. The molecule has 0 bridgehead atoms. The Morgan fingerprint density at radius 3 is 2.29 bits per heavy atom. The third-order valence-electron chi connectivity index (χ3n) is 5.80. The third-order valence-corrected chi connectivity index (χ3v) is 7.45. The molecule has 2 aliphatic rings. The zero-order valence-corrected chi connectivity index (χ0v) is 20.2. The number of nitrogens with one attached hydrogen (secondary N) is 2. The number of carboxylic acids is 1. The van der Waals surface area contributed by atoms with Gasteiger partial charge < -0.3 is 20.5 Å². The molecule has 7 nitrogen and oxygen atoms in total. The largest absolute Gasteiger partial charge is 0.549 e. The minimum Gasteiger partial charge on any atom is -0.549 e. The van der Waals surface area contributed by atoms with Gasteiger partial charge in [0.2, 0.25) is 0 Å². The highest BCUT2D eigenvalue weighted by molar-refractivity contribution is 7.92. The molecular formula is C27H28N3O4S-. The highest BCUT2D eigenvalue weighted by Gasteiger charge is 2.17. The second-order valence-electron chi connectivity index (χ2n) is 8.38. The van der Waals surface area contributed by atoms with E-state index >= 15 is 0 Å². The van der Waals surface area contributed by atoms with Crippen LogP contribution in [-0.4, -0.2) is 45.6 Å². The van der Waals surface area contributed by atoms with Crippen molar-refractivity contribution in [1.82, 2.24) is 10.6 Å². The molecule has 0 atom stereocenters. The average Bonchev–Trinajstić information content (AvgIpc) is 2.89. The highest BCUT2D eigenvalue weighted by Crippen LogP contribution is 2.23. The Morgan fingerprint density at radius 1 is 0.886 bits per heavy atom. The second kappa shape index (κ2) is 11.2. The number of aliphatic imine (C=N–C) groups is 1. The van der Waals surface area contributed by atoms with Gasteiger partial charge in [-0.1, -0.05) is 66.7 Å². The summed E-state index contributed by atoms with van der Waals surface area (Å²) in [6.45, 7) is 3.06. The first kappa shape index (κ1) is 24.5. The van der Waals surface area contributed by atoms with E-state index in [4.69, 9.17) is 0 Å². The van der Waals surface area contributed by atoms with E-state index in [1.54, 1.807) is 36.4 Å².